The van der Waals surface area contributed by atoms with Crippen molar-refractivity contribution in [1.82, 2.24) is 20.0 Å². The topological polar surface area (TPSA) is 66.7 Å². The summed E-state index contributed by atoms with van der Waals surface area (Å²) >= 11 is 0. The van der Waals surface area contributed by atoms with Crippen LogP contribution >= 0.6 is 0 Å². The molecule has 1 unspecified atom stereocenters. The van der Waals surface area contributed by atoms with E-state index in [9.17, 15) is 9.50 Å². The van der Waals surface area contributed by atoms with Gasteiger partial charge in [0.1, 0.15) is 5.82 Å². The van der Waals surface area contributed by atoms with Crippen LogP contribution in [0.2, 0.25) is 0 Å². The molecule has 3 aromatic rings. The predicted molar refractivity (Wildman–Crippen MR) is 75.9 cm³/mol. The van der Waals surface area contributed by atoms with Gasteiger partial charge in [0.25, 0.3) is 0 Å². The van der Waals surface area contributed by atoms with Gasteiger partial charge in [0.05, 0.1) is 23.7 Å². The lowest BCUT2D eigenvalue weighted by Gasteiger charge is -2.10. The molecule has 2 aromatic heterocycles. The van der Waals surface area contributed by atoms with E-state index in [1.165, 1.54) is 12.1 Å². The number of hydrogen-bond acceptors (Lipinski definition) is 3. The minimum Gasteiger partial charge on any atom is -0.388 e. The fraction of sp³-hybridized carbons (Fsp3) is 0.200. The maximum absolute atomic E-state index is 13.0. The fourth-order valence-corrected chi connectivity index (χ4v) is 2.28. The van der Waals surface area contributed by atoms with Gasteiger partial charge in [0.15, 0.2) is 0 Å². The summed E-state index contributed by atoms with van der Waals surface area (Å²) < 4.78 is 14.7. The summed E-state index contributed by atoms with van der Waals surface area (Å²) in [5, 5.41) is 21.5. The molecule has 0 bridgehead atoms. The Bertz CT molecular complexity index is 732. The Morgan fingerprint density at radius 3 is 2.71 bits per heavy atom. The molecule has 0 aliphatic heterocycles. The van der Waals surface area contributed by atoms with E-state index < -0.39 is 6.10 Å². The Morgan fingerprint density at radius 2 is 2.05 bits per heavy atom. The van der Waals surface area contributed by atoms with Crippen LogP contribution in [-0.2, 0) is 13.5 Å². The average Bonchev–Trinajstić information content (AvgIpc) is 3.09. The molecule has 21 heavy (non-hydrogen) atoms. The zero-order chi connectivity index (χ0) is 14.8. The van der Waals surface area contributed by atoms with Gasteiger partial charge < -0.3 is 5.11 Å². The number of H-pyrrole nitrogens is 1. The Balaban J connectivity index is 1.86. The third kappa shape index (κ3) is 2.85. The van der Waals surface area contributed by atoms with Crippen LogP contribution in [0.15, 0.2) is 42.7 Å². The van der Waals surface area contributed by atoms with Gasteiger partial charge in [-0.3, -0.25) is 9.78 Å². The van der Waals surface area contributed by atoms with Gasteiger partial charge in [-0.1, -0.05) is 0 Å². The number of aromatic amines is 1. The van der Waals surface area contributed by atoms with Crippen LogP contribution < -0.4 is 0 Å². The van der Waals surface area contributed by atoms with E-state index in [0.29, 0.717) is 17.7 Å². The lowest BCUT2D eigenvalue weighted by Crippen LogP contribution is -2.03. The summed E-state index contributed by atoms with van der Waals surface area (Å²) in [5.41, 5.74) is 2.95. The minimum atomic E-state index is -0.723. The maximum Gasteiger partial charge on any atom is 0.123 e. The van der Waals surface area contributed by atoms with Crippen molar-refractivity contribution < 1.29 is 9.50 Å². The highest BCUT2D eigenvalue weighted by atomic mass is 19.1. The van der Waals surface area contributed by atoms with Crippen molar-refractivity contribution in [2.24, 2.45) is 7.05 Å². The first-order valence-corrected chi connectivity index (χ1v) is 6.59. The minimum absolute atomic E-state index is 0.297. The second-order valence-electron chi connectivity index (χ2n) is 4.91. The summed E-state index contributed by atoms with van der Waals surface area (Å²) in [6.45, 7) is 0. The van der Waals surface area contributed by atoms with E-state index in [1.807, 2.05) is 19.3 Å². The van der Waals surface area contributed by atoms with Crippen LogP contribution in [-0.4, -0.2) is 25.1 Å². The molecular formula is C15H15FN4O. The van der Waals surface area contributed by atoms with Crippen LogP contribution in [0.1, 0.15) is 17.4 Å². The number of aryl methyl sites for hydroxylation is 1. The number of nitrogens with zero attached hydrogens (tertiary/aromatic N) is 3. The zero-order valence-corrected chi connectivity index (χ0v) is 11.5. The molecule has 0 amide bonds. The average molecular weight is 286 g/mol. The Morgan fingerprint density at radius 1 is 1.29 bits per heavy atom. The molecule has 3 rings (SSSR count). The second-order valence-corrected chi connectivity index (χ2v) is 4.91. The quantitative estimate of drug-likeness (QED) is 0.773. The van der Waals surface area contributed by atoms with Gasteiger partial charge in [-0.2, -0.15) is 10.2 Å². The van der Waals surface area contributed by atoms with E-state index >= 15 is 0 Å². The molecule has 5 nitrogen and oxygen atoms in total. The van der Waals surface area contributed by atoms with Crippen molar-refractivity contribution in [2.75, 3.05) is 0 Å². The van der Waals surface area contributed by atoms with Crippen LogP contribution in [0, 0.1) is 5.82 Å². The molecule has 0 saturated carbocycles. The van der Waals surface area contributed by atoms with Crippen LogP contribution in [0.4, 0.5) is 4.39 Å². The summed E-state index contributed by atoms with van der Waals surface area (Å²) in [4.78, 5) is 0. The molecular weight excluding hydrogens is 271 g/mol. The molecule has 0 aliphatic rings. The van der Waals surface area contributed by atoms with Gasteiger partial charge >= 0.3 is 0 Å². The van der Waals surface area contributed by atoms with Gasteiger partial charge in [0, 0.05) is 30.8 Å². The van der Waals surface area contributed by atoms with Crippen molar-refractivity contribution in [2.45, 2.75) is 12.5 Å². The SMILES string of the molecule is Cn1ccc(CC(O)c2cn[nH]c2-c2ccc(F)cc2)n1. The molecule has 1 aromatic carbocycles. The van der Waals surface area contributed by atoms with Crippen molar-refractivity contribution in [1.29, 1.82) is 0 Å². The molecule has 0 saturated heterocycles. The maximum atomic E-state index is 13.0. The smallest absolute Gasteiger partial charge is 0.123 e. The summed E-state index contributed by atoms with van der Waals surface area (Å²) in [6, 6.07) is 7.93. The number of halogens is 1. The summed E-state index contributed by atoms with van der Waals surface area (Å²) in [7, 11) is 1.83. The van der Waals surface area contributed by atoms with Crippen molar-refractivity contribution in [3.8, 4) is 11.3 Å². The lowest BCUT2D eigenvalue weighted by molar-refractivity contribution is 0.177. The largest absolute Gasteiger partial charge is 0.388 e. The molecule has 2 heterocycles. The normalized spacial score (nSPS) is 12.5. The van der Waals surface area contributed by atoms with Crippen molar-refractivity contribution in [3.63, 3.8) is 0 Å². The highest BCUT2D eigenvalue weighted by Gasteiger charge is 2.17. The molecule has 1 atom stereocenters. The molecule has 0 fully saturated rings. The molecule has 0 aliphatic carbocycles. The fourth-order valence-electron chi connectivity index (χ4n) is 2.28. The first-order chi connectivity index (χ1) is 10.1. The van der Waals surface area contributed by atoms with Gasteiger partial charge in [-0.15, -0.1) is 0 Å². The number of rotatable bonds is 4. The van der Waals surface area contributed by atoms with E-state index in [0.717, 1.165) is 11.3 Å². The van der Waals surface area contributed by atoms with Crippen LogP contribution in [0.5, 0.6) is 0 Å². The van der Waals surface area contributed by atoms with Gasteiger partial charge in [-0.05, 0) is 30.3 Å². The molecule has 108 valence electrons. The van der Waals surface area contributed by atoms with E-state index in [-0.39, 0.29) is 5.82 Å². The van der Waals surface area contributed by atoms with Crippen LogP contribution in [0.3, 0.4) is 0 Å². The third-order valence-corrected chi connectivity index (χ3v) is 3.33. The predicted octanol–water partition coefficient (Wildman–Crippen LogP) is 2.23. The number of hydrogen-bond donors (Lipinski definition) is 2. The molecule has 0 spiro atoms. The number of aromatic nitrogens is 4. The Kier molecular flexibility index (Phi) is 3.53. The molecule has 2 N–H and O–H groups in total. The first-order valence-electron chi connectivity index (χ1n) is 6.59. The highest BCUT2D eigenvalue weighted by Crippen LogP contribution is 2.27. The van der Waals surface area contributed by atoms with Gasteiger partial charge in [0.2, 0.25) is 0 Å². The standard InChI is InChI=1S/C15H15FN4O/c1-20-7-6-12(19-20)8-14(21)13-9-17-18-15(13)10-2-4-11(16)5-3-10/h2-7,9,14,21H,8H2,1H3,(H,17,18). The number of aliphatic hydroxyl groups is 1. The van der Waals surface area contributed by atoms with E-state index in [4.69, 9.17) is 0 Å². The third-order valence-electron chi connectivity index (χ3n) is 3.33. The molecule has 0 radical (unpaired) electrons. The zero-order valence-electron chi connectivity index (χ0n) is 11.5. The Hall–Kier alpha value is -2.47. The summed E-state index contributed by atoms with van der Waals surface area (Å²) in [5.74, 6) is -0.297. The number of nitrogens with one attached hydrogen (secondary N) is 1. The summed E-state index contributed by atoms with van der Waals surface area (Å²) in [6.07, 6.45) is 3.10. The van der Waals surface area contributed by atoms with E-state index in [1.54, 1.807) is 23.0 Å². The Labute approximate surface area is 121 Å². The number of benzene rings is 1. The highest BCUT2D eigenvalue weighted by molar-refractivity contribution is 5.63. The van der Waals surface area contributed by atoms with Crippen LogP contribution in [0.25, 0.3) is 11.3 Å². The first kappa shape index (κ1) is 13.5. The van der Waals surface area contributed by atoms with Crippen molar-refractivity contribution in [3.05, 3.63) is 59.8 Å². The monoisotopic (exact) mass is 286 g/mol. The van der Waals surface area contributed by atoms with Gasteiger partial charge in [-0.25, -0.2) is 4.39 Å². The number of aliphatic hydroxyl groups excluding tert-OH is 1. The lowest BCUT2D eigenvalue weighted by atomic mass is 10.0. The van der Waals surface area contributed by atoms with Crippen molar-refractivity contribution >= 4 is 0 Å². The molecule has 6 heteroatoms. The van der Waals surface area contributed by atoms with E-state index in [2.05, 4.69) is 15.3 Å². The second kappa shape index (κ2) is 5.49.